The van der Waals surface area contributed by atoms with E-state index < -0.39 is 15.9 Å². The maximum Gasteiger partial charge on any atom is 0.303 e. The number of aliphatic hydroxyl groups excluding tert-OH is 1. The zero-order valence-corrected chi connectivity index (χ0v) is 17.4. The van der Waals surface area contributed by atoms with Crippen LogP contribution in [0.4, 0.5) is 11.9 Å². The molecule has 0 spiro atoms. The summed E-state index contributed by atoms with van der Waals surface area (Å²) in [6.07, 6.45) is -0.861. The first-order chi connectivity index (χ1) is 13.1. The summed E-state index contributed by atoms with van der Waals surface area (Å²) in [6, 6.07) is 0. The molecule has 3 N–H and O–H groups in total. The SMILES string of the molecule is CC(O)CNc1nc(N2CCN(C(=O)CCC(=O)O)CC2)nc(C(Cl)(Cl)Cl)n1. The molecule has 1 aliphatic rings. The Bertz CT molecular complexity index is 708. The van der Waals surface area contributed by atoms with Crippen molar-refractivity contribution in [3.8, 4) is 0 Å². The highest BCUT2D eigenvalue weighted by atomic mass is 35.6. The van der Waals surface area contributed by atoms with E-state index in [4.69, 9.17) is 39.9 Å². The van der Waals surface area contributed by atoms with Gasteiger partial charge in [0.1, 0.15) is 0 Å². The summed E-state index contributed by atoms with van der Waals surface area (Å²) < 4.78 is -1.85. The lowest BCUT2D eigenvalue weighted by Crippen LogP contribution is -2.49. The zero-order valence-electron chi connectivity index (χ0n) is 15.1. The Morgan fingerprint density at radius 1 is 1.14 bits per heavy atom. The largest absolute Gasteiger partial charge is 0.481 e. The average molecular weight is 456 g/mol. The lowest BCUT2D eigenvalue weighted by Gasteiger charge is -2.35. The molecular weight excluding hydrogens is 435 g/mol. The van der Waals surface area contributed by atoms with Gasteiger partial charge in [-0.2, -0.15) is 15.0 Å². The number of aliphatic carboxylic acids is 1. The van der Waals surface area contributed by atoms with Crippen LogP contribution in [-0.4, -0.2) is 80.8 Å². The molecule has 0 aromatic carbocycles. The third-order valence-corrected chi connectivity index (χ3v) is 4.41. The average Bonchev–Trinajstić information content (AvgIpc) is 2.63. The molecule has 1 aromatic rings. The van der Waals surface area contributed by atoms with Crippen LogP contribution in [0.25, 0.3) is 0 Å². The summed E-state index contributed by atoms with van der Waals surface area (Å²) in [6.45, 7) is 3.45. The first-order valence-corrected chi connectivity index (χ1v) is 9.69. The fraction of sp³-hybridized carbons (Fsp3) is 0.667. The summed E-state index contributed by atoms with van der Waals surface area (Å²) in [5.74, 6) is -0.836. The monoisotopic (exact) mass is 454 g/mol. The second-order valence-electron chi connectivity index (χ2n) is 6.27. The summed E-state index contributed by atoms with van der Waals surface area (Å²) >= 11 is 17.7. The number of halogens is 3. The van der Waals surface area contributed by atoms with E-state index in [-0.39, 0.29) is 43.0 Å². The highest BCUT2D eigenvalue weighted by Gasteiger charge is 2.30. The molecule has 0 bridgehead atoms. The molecule has 0 radical (unpaired) electrons. The van der Waals surface area contributed by atoms with Gasteiger partial charge in [-0.05, 0) is 6.92 Å². The Hall–Kier alpha value is -1.62. The predicted octanol–water partition coefficient (Wildman–Crippen LogP) is 1.00. The number of amides is 1. The van der Waals surface area contributed by atoms with E-state index in [9.17, 15) is 14.7 Å². The smallest absolute Gasteiger partial charge is 0.303 e. The molecule has 28 heavy (non-hydrogen) atoms. The Balaban J connectivity index is 2.09. The Labute approximate surface area is 176 Å². The Kier molecular flexibility index (Phi) is 7.87. The van der Waals surface area contributed by atoms with Crippen molar-refractivity contribution < 1.29 is 19.8 Å². The maximum absolute atomic E-state index is 12.1. The van der Waals surface area contributed by atoms with Crippen molar-refractivity contribution in [1.82, 2.24) is 19.9 Å². The Morgan fingerprint density at radius 2 is 1.79 bits per heavy atom. The van der Waals surface area contributed by atoms with Gasteiger partial charge in [0, 0.05) is 39.1 Å². The van der Waals surface area contributed by atoms with Gasteiger partial charge >= 0.3 is 5.97 Å². The van der Waals surface area contributed by atoms with Crippen molar-refractivity contribution in [2.75, 3.05) is 42.9 Å². The van der Waals surface area contributed by atoms with Crippen molar-refractivity contribution in [1.29, 1.82) is 0 Å². The summed E-state index contributed by atoms with van der Waals surface area (Å²) in [5.41, 5.74) is 0. The molecule has 1 fully saturated rings. The number of rotatable bonds is 7. The quantitative estimate of drug-likeness (QED) is 0.515. The van der Waals surface area contributed by atoms with E-state index in [2.05, 4.69) is 20.3 Å². The van der Waals surface area contributed by atoms with E-state index in [1.54, 1.807) is 11.8 Å². The van der Waals surface area contributed by atoms with E-state index in [0.717, 1.165) is 0 Å². The second kappa shape index (κ2) is 9.73. The summed E-state index contributed by atoms with van der Waals surface area (Å²) in [5, 5.41) is 21.0. The van der Waals surface area contributed by atoms with Crippen molar-refractivity contribution in [3.05, 3.63) is 5.82 Å². The number of aliphatic hydroxyl groups is 1. The van der Waals surface area contributed by atoms with Crippen LogP contribution in [0.1, 0.15) is 25.6 Å². The van der Waals surface area contributed by atoms with Crippen LogP contribution in [0.3, 0.4) is 0 Å². The lowest BCUT2D eigenvalue weighted by molar-refractivity contribution is -0.141. The molecule has 2 heterocycles. The maximum atomic E-state index is 12.1. The van der Waals surface area contributed by atoms with Gasteiger partial charge in [0.05, 0.1) is 12.5 Å². The second-order valence-corrected chi connectivity index (χ2v) is 8.55. The molecule has 156 valence electrons. The molecule has 0 saturated carbocycles. The van der Waals surface area contributed by atoms with E-state index in [1.165, 1.54) is 0 Å². The first kappa shape index (κ1) is 22.7. The van der Waals surface area contributed by atoms with Crippen molar-refractivity contribution >= 4 is 58.6 Å². The number of nitrogens with zero attached hydrogens (tertiary/aromatic N) is 5. The number of anilines is 2. The number of nitrogens with one attached hydrogen (secondary N) is 1. The lowest BCUT2D eigenvalue weighted by atomic mass is 10.2. The minimum atomic E-state index is -1.85. The predicted molar refractivity (Wildman–Crippen MR) is 105 cm³/mol. The molecule has 1 unspecified atom stereocenters. The molecule has 1 atom stereocenters. The minimum Gasteiger partial charge on any atom is -0.481 e. The molecular formula is C15H21Cl3N6O4. The molecule has 0 aliphatic carbocycles. The molecule has 2 rings (SSSR count). The zero-order chi connectivity index (χ0) is 20.9. The fourth-order valence-corrected chi connectivity index (χ4v) is 2.73. The van der Waals surface area contributed by atoms with Crippen LogP contribution in [0.2, 0.25) is 0 Å². The van der Waals surface area contributed by atoms with Gasteiger partial charge in [-0.25, -0.2) is 0 Å². The van der Waals surface area contributed by atoms with E-state index in [1.807, 2.05) is 4.90 Å². The van der Waals surface area contributed by atoms with Gasteiger partial charge in [-0.3, -0.25) is 9.59 Å². The normalized spacial score (nSPS) is 16.0. The Morgan fingerprint density at radius 3 is 2.32 bits per heavy atom. The van der Waals surface area contributed by atoms with E-state index in [0.29, 0.717) is 26.2 Å². The van der Waals surface area contributed by atoms with Crippen molar-refractivity contribution in [3.63, 3.8) is 0 Å². The van der Waals surface area contributed by atoms with Crippen LogP contribution in [0, 0.1) is 0 Å². The number of carboxylic acid groups (broad SMARTS) is 1. The number of carbonyl (C=O) groups excluding carboxylic acids is 1. The molecule has 1 aromatic heterocycles. The molecule has 10 nitrogen and oxygen atoms in total. The van der Waals surface area contributed by atoms with Crippen LogP contribution in [0.5, 0.6) is 0 Å². The van der Waals surface area contributed by atoms with Gasteiger partial charge in [-0.15, -0.1) is 0 Å². The molecule has 1 amide bonds. The van der Waals surface area contributed by atoms with Crippen LogP contribution < -0.4 is 10.2 Å². The number of piperazine rings is 1. The standard InChI is InChI=1S/C15H21Cl3N6O4/c1-9(25)8-19-13-20-12(15(16,17)18)21-14(22-13)24-6-4-23(5-7-24)10(26)2-3-11(27)28/h9,25H,2-8H2,1H3,(H,27,28)(H,19,20,21,22). The van der Waals surface area contributed by atoms with Gasteiger partial charge in [0.15, 0.2) is 5.82 Å². The van der Waals surface area contributed by atoms with Gasteiger partial charge in [0.25, 0.3) is 0 Å². The van der Waals surface area contributed by atoms with Crippen molar-refractivity contribution in [2.45, 2.75) is 29.7 Å². The topological polar surface area (TPSA) is 132 Å². The van der Waals surface area contributed by atoms with Crippen LogP contribution in [0.15, 0.2) is 0 Å². The van der Waals surface area contributed by atoms with Crippen molar-refractivity contribution in [2.24, 2.45) is 0 Å². The summed E-state index contributed by atoms with van der Waals surface area (Å²) in [7, 11) is 0. The molecule has 13 heteroatoms. The van der Waals surface area contributed by atoms with Gasteiger partial charge < -0.3 is 25.3 Å². The van der Waals surface area contributed by atoms with Crippen LogP contribution in [-0.2, 0) is 13.4 Å². The third-order valence-electron chi connectivity index (χ3n) is 3.90. The number of alkyl halides is 3. The first-order valence-electron chi connectivity index (χ1n) is 8.56. The van der Waals surface area contributed by atoms with Crippen LogP contribution >= 0.6 is 34.8 Å². The molecule has 1 saturated heterocycles. The van der Waals surface area contributed by atoms with Gasteiger partial charge in [-0.1, -0.05) is 34.8 Å². The number of carboxylic acids is 1. The van der Waals surface area contributed by atoms with E-state index >= 15 is 0 Å². The molecule has 1 aliphatic heterocycles. The number of hydrogen-bond acceptors (Lipinski definition) is 8. The summed E-state index contributed by atoms with van der Waals surface area (Å²) in [4.78, 5) is 38.6. The van der Waals surface area contributed by atoms with Gasteiger partial charge in [0.2, 0.25) is 21.6 Å². The number of hydrogen-bond donors (Lipinski definition) is 3. The third kappa shape index (κ3) is 6.77. The highest BCUT2D eigenvalue weighted by Crippen LogP contribution is 2.36. The minimum absolute atomic E-state index is 0.0358. The number of aromatic nitrogens is 3. The highest BCUT2D eigenvalue weighted by molar-refractivity contribution is 6.66. The fourth-order valence-electron chi connectivity index (χ4n) is 2.48. The number of carbonyl (C=O) groups is 2.